The van der Waals surface area contributed by atoms with Gasteiger partial charge in [-0.2, -0.15) is 0 Å². The van der Waals surface area contributed by atoms with E-state index in [-0.39, 0.29) is 11.7 Å². The molecule has 4 aromatic rings. The number of carbonyl (C=O) groups is 1. The van der Waals surface area contributed by atoms with Crippen molar-refractivity contribution in [3.8, 4) is 0 Å². The maximum absolute atomic E-state index is 12.2. The molecule has 102 valence electrons. The van der Waals surface area contributed by atoms with Crippen LogP contribution in [-0.2, 0) is 0 Å². The van der Waals surface area contributed by atoms with Gasteiger partial charge in [0.1, 0.15) is 5.58 Å². The number of thiazole rings is 1. The first-order chi connectivity index (χ1) is 10.3. The van der Waals surface area contributed by atoms with Crippen LogP contribution in [0.5, 0.6) is 0 Å². The fourth-order valence-corrected chi connectivity index (χ4v) is 2.87. The summed E-state index contributed by atoms with van der Waals surface area (Å²) >= 11 is 1.37. The van der Waals surface area contributed by atoms with E-state index in [0.717, 1.165) is 16.2 Å². The average Bonchev–Trinajstić information content (AvgIpc) is 3.15. The van der Waals surface area contributed by atoms with Gasteiger partial charge in [-0.3, -0.25) is 10.1 Å². The third-order valence-electron chi connectivity index (χ3n) is 3.30. The Bertz CT molecular complexity index is 941. The first-order valence-corrected chi connectivity index (χ1v) is 7.31. The lowest BCUT2D eigenvalue weighted by atomic mass is 10.1. The largest absolute Gasteiger partial charge is 0.451 e. The van der Waals surface area contributed by atoms with Crippen LogP contribution in [0, 0.1) is 0 Å². The molecule has 1 N–H and O–H groups in total. The summed E-state index contributed by atoms with van der Waals surface area (Å²) in [6.45, 7) is 0. The van der Waals surface area contributed by atoms with Crippen LogP contribution >= 0.6 is 11.3 Å². The van der Waals surface area contributed by atoms with Crippen molar-refractivity contribution < 1.29 is 9.21 Å². The van der Waals surface area contributed by atoms with Gasteiger partial charge in [-0.05, 0) is 22.9 Å². The van der Waals surface area contributed by atoms with Crippen LogP contribution in [0.2, 0.25) is 0 Å². The van der Waals surface area contributed by atoms with E-state index >= 15 is 0 Å². The number of anilines is 1. The van der Waals surface area contributed by atoms with E-state index < -0.39 is 0 Å². The van der Waals surface area contributed by atoms with E-state index in [1.165, 1.54) is 11.3 Å². The highest BCUT2D eigenvalue weighted by Gasteiger charge is 2.14. The number of furan rings is 1. The lowest BCUT2D eigenvalue weighted by molar-refractivity contribution is 0.0998. The number of hydrogen-bond acceptors (Lipinski definition) is 4. The molecule has 0 aliphatic heterocycles. The first kappa shape index (κ1) is 12.1. The molecule has 0 radical (unpaired) electrons. The molecule has 4 rings (SSSR count). The highest BCUT2D eigenvalue weighted by Crippen LogP contribution is 2.28. The predicted molar refractivity (Wildman–Crippen MR) is 83.8 cm³/mol. The maximum Gasteiger partial charge on any atom is 0.293 e. The zero-order valence-corrected chi connectivity index (χ0v) is 11.7. The van der Waals surface area contributed by atoms with Gasteiger partial charge in [0.2, 0.25) is 0 Å². The Kier molecular flexibility index (Phi) is 2.72. The minimum atomic E-state index is -0.287. The summed E-state index contributed by atoms with van der Waals surface area (Å²) in [5.41, 5.74) is 0.706. The second-order valence-electron chi connectivity index (χ2n) is 4.60. The van der Waals surface area contributed by atoms with E-state index in [0.29, 0.717) is 10.7 Å². The van der Waals surface area contributed by atoms with Crippen LogP contribution in [0.25, 0.3) is 21.7 Å². The van der Waals surface area contributed by atoms with Gasteiger partial charge in [-0.15, -0.1) is 11.3 Å². The standard InChI is InChI=1S/C16H10N2O2S/c19-15(18-16-17-7-8-21-16)14-9-12-11-4-2-1-3-10(11)5-6-13(12)20-14/h1-9H,(H,17,18,19). The van der Waals surface area contributed by atoms with Crippen LogP contribution in [0.15, 0.2) is 58.5 Å². The van der Waals surface area contributed by atoms with Crippen molar-refractivity contribution in [2.45, 2.75) is 0 Å². The number of nitrogens with one attached hydrogen (secondary N) is 1. The van der Waals surface area contributed by atoms with Gasteiger partial charge >= 0.3 is 0 Å². The van der Waals surface area contributed by atoms with Gasteiger partial charge in [0, 0.05) is 17.0 Å². The fourth-order valence-electron chi connectivity index (χ4n) is 2.35. The Labute approximate surface area is 124 Å². The summed E-state index contributed by atoms with van der Waals surface area (Å²) in [5, 5.41) is 8.23. The van der Waals surface area contributed by atoms with Crippen molar-refractivity contribution in [2.24, 2.45) is 0 Å². The second kappa shape index (κ2) is 4.71. The molecular weight excluding hydrogens is 284 g/mol. The van der Waals surface area contributed by atoms with Crippen LogP contribution in [0.1, 0.15) is 10.6 Å². The Morgan fingerprint density at radius 2 is 2.05 bits per heavy atom. The van der Waals surface area contributed by atoms with Gasteiger partial charge in [0.05, 0.1) is 0 Å². The molecule has 0 aliphatic rings. The Hall–Kier alpha value is -2.66. The summed E-state index contributed by atoms with van der Waals surface area (Å²) in [5.74, 6) is 0.00165. The molecule has 1 amide bonds. The minimum Gasteiger partial charge on any atom is -0.451 e. The Morgan fingerprint density at radius 1 is 1.14 bits per heavy atom. The highest BCUT2D eigenvalue weighted by atomic mass is 32.1. The van der Waals surface area contributed by atoms with Gasteiger partial charge in [0.15, 0.2) is 10.9 Å². The van der Waals surface area contributed by atoms with Crippen LogP contribution < -0.4 is 5.32 Å². The number of benzene rings is 2. The SMILES string of the molecule is O=C(Nc1nccs1)c1cc2c(ccc3ccccc32)o1. The van der Waals surface area contributed by atoms with Crippen molar-refractivity contribution in [2.75, 3.05) is 5.32 Å². The molecule has 2 aromatic heterocycles. The Morgan fingerprint density at radius 3 is 2.90 bits per heavy atom. The number of carbonyl (C=O) groups excluding carboxylic acids is 1. The minimum absolute atomic E-state index is 0.287. The topological polar surface area (TPSA) is 55.1 Å². The lowest BCUT2D eigenvalue weighted by Gasteiger charge is -1.96. The van der Waals surface area contributed by atoms with Gasteiger partial charge < -0.3 is 4.42 Å². The van der Waals surface area contributed by atoms with E-state index in [9.17, 15) is 4.79 Å². The third kappa shape index (κ3) is 2.08. The molecule has 0 fully saturated rings. The molecule has 0 saturated heterocycles. The molecular formula is C16H10N2O2S. The summed E-state index contributed by atoms with van der Waals surface area (Å²) in [7, 11) is 0. The predicted octanol–water partition coefficient (Wildman–Crippen LogP) is 4.29. The second-order valence-corrected chi connectivity index (χ2v) is 5.50. The van der Waals surface area contributed by atoms with E-state index in [1.807, 2.05) is 41.8 Å². The first-order valence-electron chi connectivity index (χ1n) is 6.43. The van der Waals surface area contributed by atoms with Gasteiger partial charge in [-0.25, -0.2) is 4.98 Å². The van der Waals surface area contributed by atoms with Crippen LogP contribution in [-0.4, -0.2) is 10.9 Å². The van der Waals surface area contributed by atoms with Crippen molar-refractivity contribution in [1.82, 2.24) is 4.98 Å². The molecule has 2 heterocycles. The van der Waals surface area contributed by atoms with Gasteiger partial charge in [0.25, 0.3) is 5.91 Å². The van der Waals surface area contributed by atoms with E-state index in [2.05, 4.69) is 10.3 Å². The number of rotatable bonds is 2. The number of nitrogens with zero attached hydrogens (tertiary/aromatic N) is 1. The quantitative estimate of drug-likeness (QED) is 0.600. The van der Waals surface area contributed by atoms with Crippen LogP contribution in [0.4, 0.5) is 5.13 Å². The maximum atomic E-state index is 12.2. The third-order valence-corrected chi connectivity index (χ3v) is 3.99. The number of amides is 1. The molecule has 5 heteroatoms. The zero-order valence-electron chi connectivity index (χ0n) is 10.9. The molecule has 0 unspecified atom stereocenters. The molecule has 0 aliphatic carbocycles. The molecule has 4 nitrogen and oxygen atoms in total. The number of hydrogen-bond donors (Lipinski definition) is 1. The summed E-state index contributed by atoms with van der Waals surface area (Å²) in [6, 6.07) is 13.7. The van der Waals surface area contributed by atoms with Gasteiger partial charge in [-0.1, -0.05) is 30.3 Å². The fraction of sp³-hybridized carbons (Fsp3) is 0. The molecule has 2 aromatic carbocycles. The molecule has 0 bridgehead atoms. The average molecular weight is 294 g/mol. The molecule has 0 spiro atoms. The van der Waals surface area contributed by atoms with E-state index in [1.54, 1.807) is 12.3 Å². The highest BCUT2D eigenvalue weighted by molar-refractivity contribution is 7.13. The summed E-state index contributed by atoms with van der Waals surface area (Å²) in [4.78, 5) is 16.2. The lowest BCUT2D eigenvalue weighted by Crippen LogP contribution is -2.10. The van der Waals surface area contributed by atoms with E-state index in [4.69, 9.17) is 4.42 Å². The van der Waals surface area contributed by atoms with Crippen molar-refractivity contribution >= 4 is 44.1 Å². The molecule has 0 saturated carbocycles. The monoisotopic (exact) mass is 294 g/mol. The summed E-state index contributed by atoms with van der Waals surface area (Å²) in [6.07, 6.45) is 1.65. The smallest absolute Gasteiger partial charge is 0.293 e. The number of fused-ring (bicyclic) bond motifs is 3. The van der Waals surface area contributed by atoms with Crippen LogP contribution in [0.3, 0.4) is 0 Å². The molecule has 0 atom stereocenters. The Balaban J connectivity index is 1.80. The normalized spacial score (nSPS) is 11.0. The van der Waals surface area contributed by atoms with Crippen molar-refractivity contribution in [3.63, 3.8) is 0 Å². The summed E-state index contributed by atoms with van der Waals surface area (Å²) < 4.78 is 5.65. The molecule has 21 heavy (non-hydrogen) atoms. The number of aromatic nitrogens is 1. The zero-order chi connectivity index (χ0) is 14.2. The van der Waals surface area contributed by atoms with Crippen molar-refractivity contribution in [1.29, 1.82) is 0 Å². The van der Waals surface area contributed by atoms with Crippen molar-refractivity contribution in [3.05, 3.63) is 59.8 Å².